The fourth-order valence-corrected chi connectivity index (χ4v) is 5.00. The van der Waals surface area contributed by atoms with E-state index < -0.39 is 10.0 Å². The van der Waals surface area contributed by atoms with Crippen LogP contribution in [0.3, 0.4) is 0 Å². The third kappa shape index (κ3) is 3.53. The van der Waals surface area contributed by atoms with Crippen LogP contribution in [0.15, 0.2) is 21.7 Å². The van der Waals surface area contributed by atoms with E-state index in [0.717, 1.165) is 12.8 Å². The zero-order chi connectivity index (χ0) is 12.3. The summed E-state index contributed by atoms with van der Waals surface area (Å²) < 4.78 is 27.0. The van der Waals surface area contributed by atoms with Crippen molar-refractivity contribution in [2.45, 2.75) is 34.7 Å². The number of rotatable bonds is 4. The summed E-state index contributed by atoms with van der Waals surface area (Å²) >= 11 is 4.89. The summed E-state index contributed by atoms with van der Waals surface area (Å²) in [6, 6.07) is 3.40. The van der Waals surface area contributed by atoms with E-state index in [1.165, 1.54) is 24.2 Å². The minimum Gasteiger partial charge on any atom is -0.210 e. The van der Waals surface area contributed by atoms with Gasteiger partial charge in [-0.1, -0.05) is 34.8 Å². The van der Waals surface area contributed by atoms with Gasteiger partial charge < -0.3 is 0 Å². The Bertz CT molecular complexity index is 444. The average molecular weight is 338 g/mol. The van der Waals surface area contributed by atoms with Crippen molar-refractivity contribution in [3.63, 3.8) is 0 Å². The molecular formula is C11H16BrNO2S2. The largest absolute Gasteiger partial charge is 0.250 e. The van der Waals surface area contributed by atoms with E-state index >= 15 is 0 Å². The highest BCUT2D eigenvalue weighted by Crippen LogP contribution is 2.29. The Morgan fingerprint density at radius 2 is 2.18 bits per heavy atom. The van der Waals surface area contributed by atoms with Crippen molar-refractivity contribution >= 4 is 37.3 Å². The smallest absolute Gasteiger partial charge is 0.210 e. The van der Waals surface area contributed by atoms with Crippen LogP contribution in [0.4, 0.5) is 0 Å². The maximum atomic E-state index is 11.9. The molecule has 0 saturated heterocycles. The predicted octanol–water partition coefficient (Wildman–Crippen LogP) is 2.98. The number of sulfonamides is 1. The number of alkyl halides is 1. The minimum atomic E-state index is -3.29. The average Bonchev–Trinajstić information content (AvgIpc) is 2.82. The minimum absolute atomic E-state index is 0.402. The standard InChI is InChI=1S/C11H16BrNO2S2/c12-10-5-2-1-4-9(10)8-13-17(14,15)11-6-3-7-16-11/h3,6-7,9-10,13H,1-2,4-5,8H2. The highest BCUT2D eigenvalue weighted by atomic mass is 79.9. The molecule has 0 amide bonds. The van der Waals surface area contributed by atoms with Crippen LogP contribution >= 0.6 is 27.3 Å². The van der Waals surface area contributed by atoms with Crippen LogP contribution in [0, 0.1) is 5.92 Å². The molecule has 1 aliphatic rings. The van der Waals surface area contributed by atoms with Gasteiger partial charge >= 0.3 is 0 Å². The van der Waals surface area contributed by atoms with E-state index in [-0.39, 0.29) is 0 Å². The number of nitrogens with one attached hydrogen (secondary N) is 1. The molecule has 2 rings (SSSR count). The Morgan fingerprint density at radius 3 is 2.82 bits per heavy atom. The maximum absolute atomic E-state index is 11.9. The van der Waals surface area contributed by atoms with Crippen molar-refractivity contribution in [1.29, 1.82) is 0 Å². The zero-order valence-corrected chi connectivity index (χ0v) is 12.7. The molecule has 1 saturated carbocycles. The summed E-state index contributed by atoms with van der Waals surface area (Å²) in [5, 5.41) is 1.78. The normalized spacial score (nSPS) is 25.9. The van der Waals surface area contributed by atoms with E-state index in [9.17, 15) is 8.42 Å². The van der Waals surface area contributed by atoms with Gasteiger partial charge in [0.05, 0.1) is 0 Å². The van der Waals surface area contributed by atoms with Crippen LogP contribution in [0.2, 0.25) is 0 Å². The zero-order valence-electron chi connectivity index (χ0n) is 9.43. The molecule has 6 heteroatoms. The molecule has 3 nitrogen and oxygen atoms in total. The van der Waals surface area contributed by atoms with Crippen LogP contribution in [0.25, 0.3) is 0 Å². The molecule has 1 heterocycles. The number of thiophene rings is 1. The first-order valence-electron chi connectivity index (χ1n) is 5.77. The van der Waals surface area contributed by atoms with Crippen LogP contribution in [0.5, 0.6) is 0 Å². The van der Waals surface area contributed by atoms with Crippen LogP contribution in [-0.2, 0) is 10.0 Å². The van der Waals surface area contributed by atoms with E-state index in [1.54, 1.807) is 17.5 Å². The van der Waals surface area contributed by atoms with Crippen molar-refractivity contribution in [3.05, 3.63) is 17.5 Å². The molecule has 17 heavy (non-hydrogen) atoms. The van der Waals surface area contributed by atoms with Gasteiger partial charge in [0.15, 0.2) is 0 Å². The van der Waals surface area contributed by atoms with E-state index in [4.69, 9.17) is 0 Å². The third-order valence-corrected chi connectivity index (χ3v) is 7.14. The Morgan fingerprint density at radius 1 is 1.41 bits per heavy atom. The summed E-state index contributed by atoms with van der Waals surface area (Å²) in [5.74, 6) is 0.415. The van der Waals surface area contributed by atoms with Crippen molar-refractivity contribution < 1.29 is 8.42 Å². The van der Waals surface area contributed by atoms with Crippen LogP contribution < -0.4 is 4.72 Å². The van der Waals surface area contributed by atoms with Gasteiger partial charge in [0.2, 0.25) is 10.0 Å². The highest BCUT2D eigenvalue weighted by Gasteiger charge is 2.25. The fourth-order valence-electron chi connectivity index (χ4n) is 2.10. The lowest BCUT2D eigenvalue weighted by Crippen LogP contribution is -2.34. The van der Waals surface area contributed by atoms with Gasteiger partial charge in [-0.2, -0.15) is 0 Å². The summed E-state index contributed by atoms with van der Waals surface area (Å²) in [7, 11) is -3.29. The Kier molecular flexibility index (Phi) is 4.63. The molecule has 1 fully saturated rings. The Labute approximate surface area is 115 Å². The van der Waals surface area contributed by atoms with Gasteiger partial charge in [0, 0.05) is 11.4 Å². The molecule has 1 aromatic heterocycles. The number of hydrogen-bond donors (Lipinski definition) is 1. The molecule has 96 valence electrons. The van der Waals surface area contributed by atoms with Crippen LogP contribution in [0.1, 0.15) is 25.7 Å². The second-order valence-corrected chi connectivity index (χ2v) is 8.46. The van der Waals surface area contributed by atoms with Gasteiger partial charge in [0.1, 0.15) is 4.21 Å². The highest BCUT2D eigenvalue weighted by molar-refractivity contribution is 9.09. The Balaban J connectivity index is 1.93. The van der Waals surface area contributed by atoms with Gasteiger partial charge in [-0.05, 0) is 30.2 Å². The molecule has 2 atom stereocenters. The Hall–Kier alpha value is 0.0900. The molecule has 1 N–H and O–H groups in total. The molecule has 0 spiro atoms. The van der Waals surface area contributed by atoms with E-state index in [2.05, 4.69) is 20.7 Å². The summed E-state index contributed by atoms with van der Waals surface area (Å²) in [5.41, 5.74) is 0. The van der Waals surface area contributed by atoms with Gasteiger partial charge in [-0.3, -0.25) is 0 Å². The summed E-state index contributed by atoms with van der Waals surface area (Å²) in [6.07, 6.45) is 4.69. The molecule has 0 aromatic carbocycles. The lowest BCUT2D eigenvalue weighted by molar-refractivity contribution is 0.373. The third-order valence-electron chi connectivity index (χ3n) is 3.11. The first-order valence-corrected chi connectivity index (χ1v) is 9.05. The fraction of sp³-hybridized carbons (Fsp3) is 0.636. The maximum Gasteiger partial charge on any atom is 0.250 e. The van der Waals surface area contributed by atoms with E-state index in [0.29, 0.717) is 21.5 Å². The first kappa shape index (κ1) is 13.5. The van der Waals surface area contributed by atoms with Crippen LogP contribution in [-0.4, -0.2) is 19.8 Å². The molecule has 0 radical (unpaired) electrons. The second-order valence-electron chi connectivity index (χ2n) is 4.34. The summed E-state index contributed by atoms with van der Waals surface area (Å²) in [6.45, 7) is 0.538. The lowest BCUT2D eigenvalue weighted by atomic mass is 9.89. The van der Waals surface area contributed by atoms with Gasteiger partial charge in [-0.15, -0.1) is 11.3 Å². The van der Waals surface area contributed by atoms with Crippen molar-refractivity contribution in [2.24, 2.45) is 5.92 Å². The number of halogens is 1. The van der Waals surface area contributed by atoms with Gasteiger partial charge in [-0.25, -0.2) is 13.1 Å². The molecule has 1 aromatic rings. The predicted molar refractivity (Wildman–Crippen MR) is 74.2 cm³/mol. The molecule has 0 bridgehead atoms. The molecule has 1 aliphatic carbocycles. The van der Waals surface area contributed by atoms with E-state index in [1.807, 2.05) is 0 Å². The summed E-state index contributed by atoms with van der Waals surface area (Å²) in [4.78, 5) is 0.447. The number of hydrogen-bond acceptors (Lipinski definition) is 3. The quantitative estimate of drug-likeness (QED) is 0.858. The monoisotopic (exact) mass is 337 g/mol. The second kappa shape index (κ2) is 5.82. The molecule has 2 unspecified atom stereocenters. The van der Waals surface area contributed by atoms with Crippen molar-refractivity contribution in [3.8, 4) is 0 Å². The van der Waals surface area contributed by atoms with Crippen molar-refractivity contribution in [2.75, 3.05) is 6.54 Å². The lowest BCUT2D eigenvalue weighted by Gasteiger charge is -2.27. The molecule has 0 aliphatic heterocycles. The van der Waals surface area contributed by atoms with Gasteiger partial charge in [0.25, 0.3) is 0 Å². The SMILES string of the molecule is O=S(=O)(NCC1CCCCC1Br)c1cccs1. The van der Waals surface area contributed by atoms with Crippen molar-refractivity contribution in [1.82, 2.24) is 4.72 Å². The topological polar surface area (TPSA) is 46.2 Å². The first-order chi connectivity index (χ1) is 8.09. The molecular weight excluding hydrogens is 322 g/mol.